The minimum absolute atomic E-state index is 0.203. The molecule has 0 bridgehead atoms. The summed E-state index contributed by atoms with van der Waals surface area (Å²) in [5.41, 5.74) is 1.22. The van der Waals surface area contributed by atoms with E-state index in [1.54, 1.807) is 12.1 Å². The molecule has 1 amide bonds. The topological polar surface area (TPSA) is 88.0 Å². The second-order valence-electron chi connectivity index (χ2n) is 5.01. The van der Waals surface area contributed by atoms with Crippen LogP contribution in [0.1, 0.15) is 30.3 Å². The van der Waals surface area contributed by atoms with E-state index in [2.05, 4.69) is 11.2 Å². The second kappa shape index (κ2) is 7.32. The van der Waals surface area contributed by atoms with E-state index in [0.717, 1.165) is 5.56 Å². The average molecular weight is 303 g/mol. The number of para-hydroxylation sites is 1. The molecule has 6 nitrogen and oxygen atoms in total. The maximum atomic E-state index is 11.7. The lowest BCUT2D eigenvalue weighted by Gasteiger charge is -2.30. The van der Waals surface area contributed by atoms with Crippen LogP contribution in [-0.4, -0.2) is 36.2 Å². The molecule has 22 heavy (non-hydrogen) atoms. The van der Waals surface area contributed by atoms with Gasteiger partial charge in [0.15, 0.2) is 6.29 Å². The number of terminal acetylenes is 1. The second-order valence-corrected chi connectivity index (χ2v) is 5.01. The van der Waals surface area contributed by atoms with Crippen molar-refractivity contribution in [1.29, 1.82) is 0 Å². The quantitative estimate of drug-likeness (QED) is 0.410. The van der Waals surface area contributed by atoms with Gasteiger partial charge in [0.25, 0.3) is 0 Å². The first-order valence-corrected chi connectivity index (χ1v) is 6.97. The van der Waals surface area contributed by atoms with Gasteiger partial charge in [-0.15, -0.1) is 12.3 Å². The number of carbonyl (C=O) groups is 1. The summed E-state index contributed by atoms with van der Waals surface area (Å²) in [6.45, 7) is 0. The first kappa shape index (κ1) is 16.4. The number of rotatable bonds is 5. The Morgan fingerprint density at radius 2 is 2.45 bits per heavy atom. The Morgan fingerprint density at radius 1 is 1.68 bits per heavy atom. The Labute approximate surface area is 129 Å². The Morgan fingerprint density at radius 3 is 3.14 bits per heavy atom. The van der Waals surface area contributed by atoms with Crippen LogP contribution in [0.2, 0.25) is 0 Å². The Kier molecular flexibility index (Phi) is 5.44. The summed E-state index contributed by atoms with van der Waals surface area (Å²) < 4.78 is 10.3. The number of benzene rings is 1. The Balaban J connectivity index is 2.13. The number of fused-ring (bicyclic) bond motifs is 1. The molecule has 1 heterocycles. The molecule has 1 aliphatic heterocycles. The fourth-order valence-corrected chi connectivity index (χ4v) is 2.36. The molecule has 1 aromatic rings. The number of aliphatic hydroxyl groups is 1. The molecule has 3 N–H and O–H groups in total. The zero-order valence-corrected chi connectivity index (χ0v) is 12.3. The fourth-order valence-electron chi connectivity index (χ4n) is 2.36. The van der Waals surface area contributed by atoms with Crippen LogP contribution in [0.25, 0.3) is 0 Å². The number of ether oxygens (including phenoxy) is 1. The van der Waals surface area contributed by atoms with Gasteiger partial charge in [-0.3, -0.25) is 4.79 Å². The summed E-state index contributed by atoms with van der Waals surface area (Å²) in [6.07, 6.45) is 4.92. The van der Waals surface area contributed by atoms with Gasteiger partial charge in [0, 0.05) is 25.5 Å². The largest absolute Gasteiger partial charge is 0.547 e. The molecule has 1 aliphatic rings. The number of hydrogen-bond donors (Lipinski definition) is 3. The van der Waals surface area contributed by atoms with Gasteiger partial charge < -0.3 is 24.8 Å². The number of aliphatic hydroxyl groups excluding tert-OH is 1. The van der Waals surface area contributed by atoms with Crippen molar-refractivity contribution in [1.82, 2.24) is 5.32 Å². The highest BCUT2D eigenvalue weighted by Crippen LogP contribution is 2.33. The summed E-state index contributed by atoms with van der Waals surface area (Å²) in [6, 6.07) is 5.23. The van der Waals surface area contributed by atoms with Crippen molar-refractivity contribution in [2.45, 2.75) is 31.5 Å². The average Bonchev–Trinajstić information content (AvgIpc) is 2.52. The fraction of sp³-hybridized carbons (Fsp3) is 0.400. The molecule has 7 heteroatoms. The monoisotopic (exact) mass is 303 g/mol. The van der Waals surface area contributed by atoms with Gasteiger partial charge in [-0.05, 0) is 12.0 Å². The van der Waals surface area contributed by atoms with Gasteiger partial charge in [-0.1, -0.05) is 18.2 Å². The minimum atomic E-state index is -1.20. The predicted molar refractivity (Wildman–Crippen MR) is 80.7 cm³/mol. The van der Waals surface area contributed by atoms with Crippen molar-refractivity contribution in [3.8, 4) is 18.1 Å². The SMILES string of the molecule is C#CCCC(=O)N[C@H]1Cc2cccc(C(O)OC)c2OB1O. The van der Waals surface area contributed by atoms with Crippen LogP contribution in [0.3, 0.4) is 0 Å². The van der Waals surface area contributed by atoms with Crippen LogP contribution in [0.5, 0.6) is 5.75 Å². The molecular formula is C15H18BNO5. The molecule has 0 aliphatic carbocycles. The van der Waals surface area contributed by atoms with Gasteiger partial charge in [0.1, 0.15) is 5.75 Å². The summed E-state index contributed by atoms with van der Waals surface area (Å²) in [4.78, 5) is 11.7. The molecule has 116 valence electrons. The molecule has 2 rings (SSSR count). The van der Waals surface area contributed by atoms with Crippen molar-refractivity contribution in [2.75, 3.05) is 7.11 Å². The van der Waals surface area contributed by atoms with Crippen LogP contribution in [-0.2, 0) is 16.0 Å². The van der Waals surface area contributed by atoms with E-state index in [4.69, 9.17) is 15.8 Å². The van der Waals surface area contributed by atoms with E-state index >= 15 is 0 Å². The van der Waals surface area contributed by atoms with E-state index in [0.29, 0.717) is 24.2 Å². The predicted octanol–water partition coefficient (Wildman–Crippen LogP) is 0.177. The smallest absolute Gasteiger partial charge is 0.534 e. The lowest BCUT2D eigenvalue weighted by atomic mass is 9.72. The van der Waals surface area contributed by atoms with Crippen LogP contribution in [0, 0.1) is 12.3 Å². The normalized spacial score (nSPS) is 17.9. The molecule has 1 unspecified atom stereocenters. The third-order valence-electron chi connectivity index (χ3n) is 3.48. The third kappa shape index (κ3) is 3.60. The molecule has 0 saturated carbocycles. The number of hydrogen-bond acceptors (Lipinski definition) is 5. The third-order valence-corrected chi connectivity index (χ3v) is 3.48. The van der Waals surface area contributed by atoms with Crippen LogP contribution >= 0.6 is 0 Å². The maximum Gasteiger partial charge on any atom is 0.547 e. The highest BCUT2D eigenvalue weighted by molar-refractivity contribution is 6.46. The lowest BCUT2D eigenvalue weighted by molar-refractivity contribution is -0.121. The first-order valence-electron chi connectivity index (χ1n) is 6.97. The van der Waals surface area contributed by atoms with Crippen LogP contribution in [0.4, 0.5) is 0 Å². The number of methoxy groups -OCH3 is 1. The standard InChI is InChI=1S/C15H18BNO5/c1-3-4-8-13(18)17-12-9-10-6-5-7-11(15(19)21-2)14(10)22-16(12)20/h1,5-7,12,15,19-20H,4,8-9H2,2H3,(H,17,18)/t12-,15?/m0/s1. The van der Waals surface area contributed by atoms with E-state index in [9.17, 15) is 14.9 Å². The Hall–Kier alpha value is -2.01. The van der Waals surface area contributed by atoms with Crippen molar-refractivity contribution in [3.05, 3.63) is 29.3 Å². The molecule has 0 fully saturated rings. The van der Waals surface area contributed by atoms with Gasteiger partial charge >= 0.3 is 7.12 Å². The van der Waals surface area contributed by atoms with E-state index in [-0.39, 0.29) is 12.3 Å². The number of amides is 1. The van der Waals surface area contributed by atoms with Crippen molar-refractivity contribution >= 4 is 13.0 Å². The van der Waals surface area contributed by atoms with Crippen molar-refractivity contribution < 1.29 is 24.3 Å². The van der Waals surface area contributed by atoms with E-state index in [1.807, 2.05) is 6.07 Å². The molecule has 2 atom stereocenters. The minimum Gasteiger partial charge on any atom is -0.534 e. The summed E-state index contributed by atoms with van der Waals surface area (Å²) in [7, 11) is 0.171. The van der Waals surface area contributed by atoms with Crippen molar-refractivity contribution in [3.63, 3.8) is 0 Å². The van der Waals surface area contributed by atoms with Gasteiger partial charge in [0.2, 0.25) is 5.91 Å². The highest BCUT2D eigenvalue weighted by atomic mass is 16.6. The molecule has 1 aromatic carbocycles. The number of nitrogens with one attached hydrogen (secondary N) is 1. The van der Waals surface area contributed by atoms with Gasteiger partial charge in [0.05, 0.1) is 5.94 Å². The van der Waals surface area contributed by atoms with Gasteiger partial charge in [-0.2, -0.15) is 0 Å². The van der Waals surface area contributed by atoms with Gasteiger partial charge in [-0.25, -0.2) is 0 Å². The zero-order chi connectivity index (χ0) is 16.1. The van der Waals surface area contributed by atoms with E-state index < -0.39 is 19.3 Å². The zero-order valence-electron chi connectivity index (χ0n) is 12.3. The van der Waals surface area contributed by atoms with E-state index in [1.165, 1.54) is 7.11 Å². The highest BCUT2D eigenvalue weighted by Gasteiger charge is 2.37. The summed E-state index contributed by atoms with van der Waals surface area (Å²) >= 11 is 0. The van der Waals surface area contributed by atoms with Crippen LogP contribution in [0.15, 0.2) is 18.2 Å². The van der Waals surface area contributed by atoms with Crippen LogP contribution < -0.4 is 9.97 Å². The molecule has 0 aromatic heterocycles. The summed E-state index contributed by atoms with van der Waals surface area (Å²) in [5.74, 6) is 1.98. The number of carbonyl (C=O) groups excluding carboxylic acids is 1. The molecule has 0 radical (unpaired) electrons. The molecular weight excluding hydrogens is 285 g/mol. The Bertz CT molecular complexity index is 586. The first-order chi connectivity index (χ1) is 10.6. The molecule has 0 saturated heterocycles. The van der Waals surface area contributed by atoms with Crippen molar-refractivity contribution in [2.24, 2.45) is 0 Å². The summed E-state index contributed by atoms with van der Waals surface area (Å²) in [5, 5.41) is 22.6. The lowest BCUT2D eigenvalue weighted by Crippen LogP contribution is -2.53. The maximum absolute atomic E-state index is 11.7. The molecule has 0 spiro atoms.